The predicted molar refractivity (Wildman–Crippen MR) is 120 cm³/mol. The Morgan fingerprint density at radius 2 is 1.74 bits per heavy atom. The first-order valence-electron chi connectivity index (χ1n) is 10.8. The second-order valence-corrected chi connectivity index (χ2v) is 8.33. The maximum Gasteiger partial charge on any atom is 0.737 e. The van der Waals surface area contributed by atoms with Crippen molar-refractivity contribution in [3.63, 3.8) is 0 Å². The highest BCUT2D eigenvalue weighted by Crippen LogP contribution is 2.47. The molecule has 0 N–H and O–H groups in total. The molecule has 2 aromatic rings. The molecular formula is C24H28BF3N2O. The summed E-state index contributed by atoms with van der Waals surface area (Å²) in [5.74, 6) is -0.0972. The van der Waals surface area contributed by atoms with Gasteiger partial charge in [0, 0.05) is 35.4 Å². The highest BCUT2D eigenvalue weighted by Gasteiger charge is 2.56. The average Bonchev–Trinajstić information content (AvgIpc) is 3.13. The largest absolute Gasteiger partial charge is 0.737 e. The van der Waals surface area contributed by atoms with Crippen LogP contribution in [0, 0.1) is 19.7 Å². The number of hydrogen-bond donors (Lipinski definition) is 0. The summed E-state index contributed by atoms with van der Waals surface area (Å²) in [6.07, 6.45) is 1.27. The van der Waals surface area contributed by atoms with Crippen LogP contribution >= 0.6 is 0 Å². The SMILES string of the molecule is CCC1=C(C)C2=C(c3ccc(OC)cc3F)c3c(C)c(CC)c(C)n3[B-](F)(F)[N+]2=C1C. The van der Waals surface area contributed by atoms with Gasteiger partial charge in [-0.2, -0.15) is 0 Å². The summed E-state index contributed by atoms with van der Waals surface area (Å²) in [5.41, 5.74) is 6.10. The number of ether oxygens (including phenoxy) is 1. The first-order valence-corrected chi connectivity index (χ1v) is 10.8. The normalized spacial score (nSPS) is 17.5. The van der Waals surface area contributed by atoms with E-state index in [2.05, 4.69) is 0 Å². The van der Waals surface area contributed by atoms with Crippen LogP contribution in [0.5, 0.6) is 5.75 Å². The van der Waals surface area contributed by atoms with Crippen molar-refractivity contribution in [1.29, 1.82) is 0 Å². The Kier molecular flexibility index (Phi) is 4.99. The van der Waals surface area contributed by atoms with Crippen LogP contribution in [0.2, 0.25) is 0 Å². The summed E-state index contributed by atoms with van der Waals surface area (Å²) in [6.45, 7) is 7.03. The number of halogens is 3. The molecule has 7 heteroatoms. The van der Waals surface area contributed by atoms with Gasteiger partial charge in [0.15, 0.2) is 5.70 Å². The molecule has 0 amide bonds. The third-order valence-electron chi connectivity index (χ3n) is 6.94. The standard InChI is InChI=1S/C24H28BF3N2O/c1-8-18-13(3)23-22(20-11-10-17(31-7)12-21(20)26)24-14(4)19(9-2)16(6)30(24)25(27,28)29(23)15(18)5/h10-12H,8-9H2,1-7H3. The van der Waals surface area contributed by atoms with E-state index < -0.39 is 12.8 Å². The summed E-state index contributed by atoms with van der Waals surface area (Å²) >= 11 is 0. The van der Waals surface area contributed by atoms with Crippen LogP contribution in [0.1, 0.15) is 62.2 Å². The van der Waals surface area contributed by atoms with Crippen LogP contribution < -0.4 is 4.74 Å². The van der Waals surface area contributed by atoms with E-state index >= 15 is 13.0 Å². The van der Waals surface area contributed by atoms with E-state index in [1.165, 1.54) is 13.2 Å². The van der Waals surface area contributed by atoms with Crippen molar-refractivity contribution in [1.82, 2.24) is 4.48 Å². The van der Waals surface area contributed by atoms with Gasteiger partial charge in [-0.3, -0.25) is 0 Å². The Morgan fingerprint density at radius 3 is 2.29 bits per heavy atom. The molecule has 0 radical (unpaired) electrons. The number of methoxy groups -OCH3 is 1. The van der Waals surface area contributed by atoms with Crippen LogP contribution in [0.3, 0.4) is 0 Å². The summed E-state index contributed by atoms with van der Waals surface area (Å²) in [6, 6.07) is 4.62. The lowest BCUT2D eigenvalue weighted by Crippen LogP contribution is -2.51. The van der Waals surface area contributed by atoms with E-state index in [0.29, 0.717) is 52.5 Å². The fourth-order valence-electron chi connectivity index (χ4n) is 5.56. The molecule has 164 valence electrons. The maximum atomic E-state index is 16.1. The molecule has 0 fully saturated rings. The fraction of sp³-hybridized carbons (Fsp3) is 0.375. The number of hydrogen-bond acceptors (Lipinski definition) is 1. The van der Waals surface area contributed by atoms with E-state index in [1.54, 1.807) is 26.0 Å². The zero-order valence-electron chi connectivity index (χ0n) is 19.2. The van der Waals surface area contributed by atoms with Crippen LogP contribution in [-0.4, -0.2) is 28.8 Å². The number of benzene rings is 1. The van der Waals surface area contributed by atoms with Crippen LogP contribution in [-0.2, 0) is 6.42 Å². The molecule has 2 aliphatic rings. The van der Waals surface area contributed by atoms with Gasteiger partial charge in [0.2, 0.25) is 0 Å². The molecule has 0 aliphatic carbocycles. The fourth-order valence-corrected chi connectivity index (χ4v) is 5.56. The molecule has 2 aliphatic heterocycles. The molecule has 31 heavy (non-hydrogen) atoms. The molecule has 3 heterocycles. The second kappa shape index (κ2) is 7.18. The van der Waals surface area contributed by atoms with Gasteiger partial charge in [0.1, 0.15) is 17.3 Å². The zero-order chi connectivity index (χ0) is 22.8. The smallest absolute Gasteiger partial charge is 0.497 e. The second-order valence-electron chi connectivity index (χ2n) is 8.33. The minimum absolute atomic E-state index is 0.307. The summed E-state index contributed by atoms with van der Waals surface area (Å²) in [5, 5.41) is 0. The Hall–Kier alpha value is -2.70. The van der Waals surface area contributed by atoms with E-state index in [1.807, 2.05) is 27.7 Å². The molecular weight excluding hydrogens is 400 g/mol. The third-order valence-corrected chi connectivity index (χ3v) is 6.94. The van der Waals surface area contributed by atoms with Crippen molar-refractivity contribution in [3.05, 3.63) is 68.9 Å². The van der Waals surface area contributed by atoms with Gasteiger partial charge in [-0.15, -0.1) is 0 Å². The number of allylic oxidation sites excluding steroid dienone is 2. The molecule has 0 saturated carbocycles. The van der Waals surface area contributed by atoms with Crippen LogP contribution in [0.15, 0.2) is 35.0 Å². The van der Waals surface area contributed by atoms with Gasteiger partial charge in [-0.1, -0.05) is 13.8 Å². The predicted octanol–water partition coefficient (Wildman–Crippen LogP) is 6.02. The molecule has 1 aromatic heterocycles. The topological polar surface area (TPSA) is 17.2 Å². The van der Waals surface area contributed by atoms with Gasteiger partial charge in [-0.25, -0.2) is 4.39 Å². The van der Waals surface area contributed by atoms with E-state index in [-0.39, 0.29) is 0 Å². The minimum atomic E-state index is -4.11. The Labute approximate surface area is 181 Å². The monoisotopic (exact) mass is 428 g/mol. The first-order chi connectivity index (χ1) is 14.6. The Balaban J connectivity index is 2.22. The van der Waals surface area contributed by atoms with Crippen molar-refractivity contribution in [2.75, 3.05) is 7.11 Å². The quantitative estimate of drug-likeness (QED) is 0.544. The molecule has 4 rings (SSSR count). The van der Waals surface area contributed by atoms with E-state index in [9.17, 15) is 0 Å². The summed E-state index contributed by atoms with van der Waals surface area (Å²) in [4.78, 5) is 0. The molecule has 0 bridgehead atoms. The summed E-state index contributed by atoms with van der Waals surface area (Å²) < 4.78 is 55.1. The van der Waals surface area contributed by atoms with E-state index in [4.69, 9.17) is 4.74 Å². The highest BCUT2D eigenvalue weighted by atomic mass is 19.2. The zero-order valence-corrected chi connectivity index (χ0v) is 19.2. The molecule has 1 aromatic carbocycles. The molecule has 0 saturated heterocycles. The van der Waals surface area contributed by atoms with Gasteiger partial charge >= 0.3 is 6.97 Å². The highest BCUT2D eigenvalue weighted by molar-refractivity contribution is 6.58. The molecule has 3 nitrogen and oxygen atoms in total. The number of fused-ring (bicyclic) bond motifs is 2. The van der Waals surface area contributed by atoms with Gasteiger partial charge in [-0.05, 0) is 62.6 Å². The minimum Gasteiger partial charge on any atom is -0.497 e. The number of aromatic nitrogens is 1. The third kappa shape index (κ3) is 2.71. The lowest BCUT2D eigenvalue weighted by molar-refractivity contribution is -0.363. The first kappa shape index (κ1) is 21.5. The van der Waals surface area contributed by atoms with Crippen molar-refractivity contribution < 1.29 is 22.2 Å². The van der Waals surface area contributed by atoms with E-state index in [0.717, 1.165) is 31.2 Å². The number of rotatable bonds is 4. The maximum absolute atomic E-state index is 16.1. The molecule has 0 atom stereocenters. The Bertz CT molecular complexity index is 1220. The van der Waals surface area contributed by atoms with Gasteiger partial charge in [0.25, 0.3) is 0 Å². The van der Waals surface area contributed by atoms with Crippen molar-refractivity contribution in [2.24, 2.45) is 0 Å². The summed E-state index contributed by atoms with van der Waals surface area (Å²) in [7, 11) is 1.48. The average molecular weight is 428 g/mol. The van der Waals surface area contributed by atoms with Crippen LogP contribution in [0.4, 0.5) is 13.0 Å². The lowest BCUT2D eigenvalue weighted by atomic mass is 9.83. The number of nitrogens with zero attached hydrogens (tertiary/aromatic N) is 2. The van der Waals surface area contributed by atoms with Crippen molar-refractivity contribution in [3.8, 4) is 5.75 Å². The molecule has 0 spiro atoms. The molecule has 0 unspecified atom stereocenters. The lowest BCUT2D eigenvalue weighted by Gasteiger charge is -2.34. The van der Waals surface area contributed by atoms with Crippen molar-refractivity contribution >= 4 is 18.3 Å². The van der Waals surface area contributed by atoms with Gasteiger partial charge in [0.05, 0.1) is 12.7 Å². The Morgan fingerprint density at radius 1 is 1.06 bits per heavy atom. The van der Waals surface area contributed by atoms with Gasteiger partial charge < -0.3 is 22.3 Å². The van der Waals surface area contributed by atoms with Crippen molar-refractivity contribution in [2.45, 2.75) is 54.4 Å². The van der Waals surface area contributed by atoms with Crippen LogP contribution in [0.25, 0.3) is 5.57 Å².